The number of esters is 1. The molecule has 3 aliphatic rings. The zero-order valence-corrected chi connectivity index (χ0v) is 26.5. The predicted molar refractivity (Wildman–Crippen MR) is 170 cm³/mol. The summed E-state index contributed by atoms with van der Waals surface area (Å²) in [4.78, 5) is 27.3. The number of carbonyl (C=O) groups is 2. The molecule has 3 atom stereocenters. The smallest absolute Gasteiger partial charge is 0.349 e. The zero-order chi connectivity index (χ0) is 30.5. The fourth-order valence-corrected chi connectivity index (χ4v) is 9.00. The van der Waals surface area contributed by atoms with Crippen LogP contribution in [0.5, 0.6) is 28.9 Å². The molecule has 0 amide bonds. The lowest BCUT2D eigenvalue weighted by Gasteiger charge is -2.23. The third-order valence-corrected chi connectivity index (χ3v) is 11.1. The number of rotatable bonds is 7. The van der Waals surface area contributed by atoms with E-state index >= 15 is 0 Å². The third kappa shape index (κ3) is 5.22. The Hall–Kier alpha value is -3.93. The van der Waals surface area contributed by atoms with Crippen molar-refractivity contribution in [3.63, 3.8) is 0 Å². The largest absolute Gasteiger partial charge is 0.497 e. The number of methoxy groups -OCH3 is 2. The van der Waals surface area contributed by atoms with Crippen molar-refractivity contribution in [2.45, 2.75) is 38.3 Å². The number of hydrogen-bond acceptors (Lipinski definition) is 10. The van der Waals surface area contributed by atoms with E-state index in [1.165, 1.54) is 41.9 Å². The average molecular weight is 648 g/mol. The van der Waals surface area contributed by atoms with E-state index in [1.54, 1.807) is 44.6 Å². The Labute approximate surface area is 266 Å². The van der Waals surface area contributed by atoms with Crippen LogP contribution < -0.4 is 28.0 Å². The fourth-order valence-electron chi connectivity index (χ4n) is 6.57. The first-order valence-electron chi connectivity index (χ1n) is 14.3. The van der Waals surface area contributed by atoms with Gasteiger partial charge in [-0.05, 0) is 97.4 Å². The molecule has 3 unspecified atom stereocenters. The number of ether oxygens (including phenoxy) is 4. The lowest BCUT2D eigenvalue weighted by atomic mass is 9.95. The lowest BCUT2D eigenvalue weighted by Crippen LogP contribution is -2.28. The molecule has 2 aromatic heterocycles. The van der Waals surface area contributed by atoms with Crippen molar-refractivity contribution in [1.29, 1.82) is 0 Å². The highest BCUT2D eigenvalue weighted by Gasteiger charge is 2.41. The molecule has 3 heterocycles. The Kier molecular flexibility index (Phi) is 7.55. The highest BCUT2D eigenvalue weighted by Crippen LogP contribution is 2.52. The molecule has 1 aliphatic heterocycles. The number of thiazole rings is 1. The number of benzene rings is 2. The third-order valence-electron chi connectivity index (χ3n) is 8.67. The monoisotopic (exact) mass is 647 g/mol. The van der Waals surface area contributed by atoms with Crippen molar-refractivity contribution in [2.75, 3.05) is 14.2 Å². The van der Waals surface area contributed by atoms with Gasteiger partial charge in [-0.15, -0.1) is 22.7 Å². The van der Waals surface area contributed by atoms with Crippen molar-refractivity contribution in [1.82, 2.24) is 4.57 Å². The second kappa shape index (κ2) is 11.5. The van der Waals surface area contributed by atoms with Crippen molar-refractivity contribution in [2.24, 2.45) is 11.8 Å². The van der Waals surface area contributed by atoms with E-state index in [-0.39, 0.29) is 35.4 Å². The van der Waals surface area contributed by atoms with Gasteiger partial charge in [0.15, 0.2) is 3.95 Å². The molecule has 1 N–H and O–H groups in total. The first-order chi connectivity index (χ1) is 21.3. The van der Waals surface area contributed by atoms with E-state index in [0.717, 1.165) is 22.4 Å². The number of thiophene rings is 1. The van der Waals surface area contributed by atoms with E-state index in [4.69, 9.17) is 31.2 Å². The summed E-state index contributed by atoms with van der Waals surface area (Å²) in [6, 6.07) is 14.1. The van der Waals surface area contributed by atoms with Crippen molar-refractivity contribution in [3.05, 3.63) is 77.6 Å². The highest BCUT2D eigenvalue weighted by atomic mass is 32.1. The first-order valence-corrected chi connectivity index (χ1v) is 16.4. The molecule has 0 radical (unpaired) electrons. The topological polar surface area (TPSA) is 96.2 Å². The summed E-state index contributed by atoms with van der Waals surface area (Å²) in [6.07, 6.45) is 6.61. The molecular weight excluding hydrogens is 619 g/mol. The average Bonchev–Trinajstić information content (AvgIpc) is 3.82. The Morgan fingerprint density at radius 1 is 1.00 bits per heavy atom. The molecule has 2 aliphatic carbocycles. The molecule has 0 spiro atoms. The maximum Gasteiger partial charge on any atom is 0.349 e. The van der Waals surface area contributed by atoms with Gasteiger partial charge in [-0.2, -0.15) is 0 Å². The summed E-state index contributed by atoms with van der Waals surface area (Å²) in [5, 5.41) is 11.1. The van der Waals surface area contributed by atoms with Crippen LogP contribution in [0.15, 0.2) is 48.5 Å². The van der Waals surface area contributed by atoms with Gasteiger partial charge in [0.05, 0.1) is 24.7 Å². The summed E-state index contributed by atoms with van der Waals surface area (Å²) >= 11 is 8.32. The minimum Gasteiger partial charge on any atom is -0.497 e. The Bertz CT molecular complexity index is 1970. The van der Waals surface area contributed by atoms with Gasteiger partial charge < -0.3 is 24.1 Å². The number of hydrogen-bond donors (Lipinski definition) is 1. The van der Waals surface area contributed by atoms with Crippen LogP contribution in [0, 0.1) is 15.8 Å². The standard InChI is InChI=1S/C33H29NO7S3/c1-38-21-10-18(11-22(13-21)39-2)16-40-20-5-7-26-24(14-20)30(35)29(32(37)41-26)27-8-6-23(43-27)15-28-31(36)34(33(42)44-28)25-12-17-3-4-19(25)9-17/h5-8,10-11,13-15,17,19,25,36H,3-4,9,12,16H2,1-2H3. The molecule has 2 fully saturated rings. The second-order valence-corrected chi connectivity index (χ2v) is 14.1. The Balaban J connectivity index is 1.16. The molecule has 4 aromatic rings. The van der Waals surface area contributed by atoms with Crippen molar-refractivity contribution in [3.8, 4) is 28.9 Å². The van der Waals surface area contributed by atoms with Gasteiger partial charge in [0.25, 0.3) is 0 Å². The zero-order valence-electron chi connectivity index (χ0n) is 24.0. The quantitative estimate of drug-likeness (QED) is 0.153. The normalized spacial score (nSPS) is 22.2. The second-order valence-electron chi connectivity index (χ2n) is 11.3. The number of aromatic hydroxyl groups is 1. The Morgan fingerprint density at radius 2 is 1.80 bits per heavy atom. The molecule has 7 rings (SSSR count). The SMILES string of the molecule is COc1cc(COc2ccc3c(c2)C(=O)C(=c2ccc(=Cc4sc(=S)n(C5CC6CCC5C6)c4O)s2)C(=O)O3)cc(OC)c1. The van der Waals surface area contributed by atoms with E-state index in [2.05, 4.69) is 0 Å². The van der Waals surface area contributed by atoms with Crippen LogP contribution in [0.3, 0.4) is 0 Å². The number of ketones is 1. The summed E-state index contributed by atoms with van der Waals surface area (Å²) < 4.78 is 26.1. The van der Waals surface area contributed by atoms with Crippen LogP contribution in [0.1, 0.15) is 52.5 Å². The predicted octanol–water partition coefficient (Wildman–Crippen LogP) is 5.78. The number of aromatic nitrogens is 1. The van der Waals surface area contributed by atoms with Crippen LogP contribution >= 0.6 is 34.9 Å². The molecule has 2 bridgehead atoms. The van der Waals surface area contributed by atoms with Gasteiger partial charge in [0.1, 0.15) is 35.2 Å². The number of nitrogens with zero attached hydrogens (tertiary/aromatic N) is 1. The minimum absolute atomic E-state index is 0.0340. The number of Topliss-reactive ketones (excluding diaryl/α,β-unsaturated/α-hetero) is 1. The number of fused-ring (bicyclic) bond motifs is 3. The van der Waals surface area contributed by atoms with E-state index in [0.29, 0.717) is 36.5 Å². The van der Waals surface area contributed by atoms with Crippen LogP contribution in [-0.4, -0.2) is 35.6 Å². The molecule has 0 saturated heterocycles. The maximum atomic E-state index is 13.6. The lowest BCUT2D eigenvalue weighted by molar-refractivity contribution is -0.128. The summed E-state index contributed by atoms with van der Waals surface area (Å²) in [5.41, 5.74) is 1.04. The molecule has 2 saturated carbocycles. The van der Waals surface area contributed by atoms with Gasteiger partial charge >= 0.3 is 5.97 Å². The highest BCUT2D eigenvalue weighted by molar-refractivity contribution is 7.73. The summed E-state index contributed by atoms with van der Waals surface area (Å²) in [7, 11) is 3.16. The van der Waals surface area contributed by atoms with Gasteiger partial charge in [-0.3, -0.25) is 9.36 Å². The Morgan fingerprint density at radius 3 is 2.50 bits per heavy atom. The van der Waals surface area contributed by atoms with Crippen LogP contribution in [-0.2, 0) is 11.4 Å². The van der Waals surface area contributed by atoms with Crippen LogP contribution in [0.4, 0.5) is 0 Å². The van der Waals surface area contributed by atoms with Crippen LogP contribution in [0.25, 0.3) is 11.6 Å². The van der Waals surface area contributed by atoms with Crippen LogP contribution in [0.2, 0.25) is 0 Å². The van der Waals surface area contributed by atoms with E-state index in [1.807, 2.05) is 28.8 Å². The minimum atomic E-state index is -0.700. The molecule has 11 heteroatoms. The fraction of sp³-hybridized carbons (Fsp3) is 0.303. The molecule has 2 aromatic carbocycles. The number of carbonyl (C=O) groups excluding carboxylic acids is 2. The summed E-state index contributed by atoms with van der Waals surface area (Å²) in [6.45, 7) is 0.213. The molecule has 226 valence electrons. The van der Waals surface area contributed by atoms with Crippen molar-refractivity contribution < 1.29 is 33.6 Å². The molecule has 8 nitrogen and oxygen atoms in total. The van der Waals surface area contributed by atoms with E-state index < -0.39 is 11.8 Å². The van der Waals surface area contributed by atoms with E-state index in [9.17, 15) is 14.7 Å². The van der Waals surface area contributed by atoms with Gasteiger partial charge in [-0.1, -0.05) is 6.42 Å². The van der Waals surface area contributed by atoms with Gasteiger partial charge in [0.2, 0.25) is 11.7 Å². The molecule has 44 heavy (non-hydrogen) atoms. The van der Waals surface area contributed by atoms with Gasteiger partial charge in [0, 0.05) is 21.2 Å². The summed E-state index contributed by atoms with van der Waals surface area (Å²) in [5.74, 6) is 2.29. The van der Waals surface area contributed by atoms with Gasteiger partial charge in [-0.25, -0.2) is 4.79 Å². The van der Waals surface area contributed by atoms with Crippen molar-refractivity contribution >= 4 is 58.3 Å². The first kappa shape index (κ1) is 28.8. The molecular formula is C33H29NO7S3. The maximum absolute atomic E-state index is 13.6.